The molecule has 0 saturated carbocycles. The fourth-order valence-electron chi connectivity index (χ4n) is 1.46. The first kappa shape index (κ1) is 15.2. The Morgan fingerprint density at radius 2 is 2.16 bits per heavy atom. The molecule has 1 N–H and O–H groups in total. The van der Waals surface area contributed by atoms with E-state index in [1.165, 1.54) is 14.0 Å². The maximum Gasteiger partial charge on any atom is 0.339 e. The van der Waals surface area contributed by atoms with E-state index in [2.05, 4.69) is 10.1 Å². The van der Waals surface area contributed by atoms with E-state index in [0.29, 0.717) is 17.1 Å². The molecule has 0 aliphatic carbocycles. The number of hydrogen-bond donors (Lipinski definition) is 1. The van der Waals surface area contributed by atoms with Crippen molar-refractivity contribution in [3.63, 3.8) is 0 Å². The Bertz CT molecular complexity index is 497. The number of amides is 1. The monoisotopic (exact) mass is 281 g/mol. The Morgan fingerprint density at radius 3 is 2.74 bits per heavy atom. The number of methoxy groups -OCH3 is 1. The number of esters is 1. The molecule has 0 aliphatic rings. The third kappa shape index (κ3) is 5.14. The first-order valence-corrected chi connectivity index (χ1v) is 6.21. The summed E-state index contributed by atoms with van der Waals surface area (Å²) >= 11 is 5.99. The van der Waals surface area contributed by atoms with Crippen molar-refractivity contribution in [1.29, 1.82) is 0 Å². The topological polar surface area (TPSA) is 55.4 Å². The lowest BCUT2D eigenvalue weighted by Crippen LogP contribution is -2.20. The van der Waals surface area contributed by atoms with Crippen LogP contribution < -0.4 is 5.32 Å². The van der Waals surface area contributed by atoms with E-state index in [1.54, 1.807) is 18.2 Å². The number of carbonyl (C=O) groups is 2. The van der Waals surface area contributed by atoms with Crippen LogP contribution in [0.5, 0.6) is 0 Å². The number of ether oxygens (including phenoxy) is 1. The molecule has 0 unspecified atom stereocenters. The summed E-state index contributed by atoms with van der Waals surface area (Å²) in [5.41, 5.74) is 1.24. The van der Waals surface area contributed by atoms with Crippen LogP contribution in [0.25, 0.3) is 6.08 Å². The number of nitrogens with one attached hydrogen (secondary N) is 1. The molecule has 0 heterocycles. The fourth-order valence-corrected chi connectivity index (χ4v) is 1.73. The van der Waals surface area contributed by atoms with Gasteiger partial charge in [-0.15, -0.1) is 0 Å². The fraction of sp³-hybridized carbons (Fsp3) is 0.286. The summed E-state index contributed by atoms with van der Waals surface area (Å²) in [5.74, 6) is -0.495. The molecular weight excluding hydrogens is 266 g/mol. The Morgan fingerprint density at radius 1 is 1.42 bits per heavy atom. The third-order valence-electron chi connectivity index (χ3n) is 2.39. The summed E-state index contributed by atoms with van der Waals surface area (Å²) in [5, 5.41) is 3.05. The van der Waals surface area contributed by atoms with Gasteiger partial charge in [-0.1, -0.05) is 29.8 Å². The minimum atomic E-state index is -0.453. The second-order valence-corrected chi connectivity index (χ2v) is 4.31. The van der Waals surface area contributed by atoms with Crippen LogP contribution in [-0.4, -0.2) is 25.5 Å². The lowest BCUT2D eigenvalue weighted by Gasteiger charge is -2.03. The maximum atomic E-state index is 11.3. The molecule has 0 saturated heterocycles. The average Bonchev–Trinajstić information content (AvgIpc) is 2.37. The van der Waals surface area contributed by atoms with Crippen molar-refractivity contribution in [2.45, 2.75) is 13.3 Å². The molecule has 0 radical (unpaired) electrons. The van der Waals surface area contributed by atoms with Crippen molar-refractivity contribution in [2.24, 2.45) is 0 Å². The molecule has 0 aliphatic heterocycles. The zero-order chi connectivity index (χ0) is 14.3. The summed E-state index contributed by atoms with van der Waals surface area (Å²) in [7, 11) is 1.31. The van der Waals surface area contributed by atoms with Crippen LogP contribution in [0.4, 0.5) is 0 Å². The van der Waals surface area contributed by atoms with Gasteiger partial charge in [0.1, 0.15) is 0 Å². The Kier molecular flexibility index (Phi) is 6.09. The van der Waals surface area contributed by atoms with E-state index < -0.39 is 5.97 Å². The number of carbonyl (C=O) groups excluding carboxylic acids is 2. The molecule has 19 heavy (non-hydrogen) atoms. The van der Waals surface area contributed by atoms with Gasteiger partial charge in [0.25, 0.3) is 0 Å². The van der Waals surface area contributed by atoms with E-state index in [9.17, 15) is 9.59 Å². The van der Waals surface area contributed by atoms with Crippen LogP contribution in [-0.2, 0) is 9.53 Å². The highest BCUT2D eigenvalue weighted by molar-refractivity contribution is 6.33. The van der Waals surface area contributed by atoms with Gasteiger partial charge in [-0.05, 0) is 24.1 Å². The highest BCUT2D eigenvalue weighted by Gasteiger charge is 2.09. The van der Waals surface area contributed by atoms with Crippen molar-refractivity contribution in [3.05, 3.63) is 40.4 Å². The zero-order valence-corrected chi connectivity index (χ0v) is 11.7. The minimum absolute atomic E-state index is 0.0427. The molecule has 1 rings (SSSR count). The van der Waals surface area contributed by atoms with Crippen LogP contribution >= 0.6 is 11.6 Å². The van der Waals surface area contributed by atoms with Gasteiger partial charge >= 0.3 is 5.97 Å². The van der Waals surface area contributed by atoms with Gasteiger partial charge in [-0.3, -0.25) is 4.79 Å². The number of benzene rings is 1. The van der Waals surface area contributed by atoms with Crippen LogP contribution in [0.15, 0.2) is 24.3 Å². The molecule has 0 bridgehead atoms. The SMILES string of the molecule is COC(=O)c1ccc(C=CCCNC(C)=O)cc1Cl. The minimum Gasteiger partial charge on any atom is -0.465 e. The molecule has 5 heteroatoms. The highest BCUT2D eigenvalue weighted by Crippen LogP contribution is 2.19. The van der Waals surface area contributed by atoms with E-state index in [1.807, 2.05) is 12.2 Å². The van der Waals surface area contributed by atoms with Crippen LogP contribution in [0.3, 0.4) is 0 Å². The summed E-state index contributed by atoms with van der Waals surface area (Å²) in [6.07, 6.45) is 4.55. The molecule has 102 valence electrons. The largest absolute Gasteiger partial charge is 0.465 e. The Balaban J connectivity index is 2.61. The molecular formula is C14H16ClNO3. The van der Waals surface area contributed by atoms with Crippen molar-refractivity contribution in [3.8, 4) is 0 Å². The molecule has 0 atom stereocenters. The van der Waals surface area contributed by atoms with Gasteiger partial charge in [0.05, 0.1) is 17.7 Å². The lowest BCUT2D eigenvalue weighted by molar-refractivity contribution is -0.118. The van der Waals surface area contributed by atoms with Gasteiger partial charge in [0.2, 0.25) is 5.91 Å². The molecule has 4 nitrogen and oxygen atoms in total. The second-order valence-electron chi connectivity index (χ2n) is 3.90. The van der Waals surface area contributed by atoms with Gasteiger partial charge in [-0.2, -0.15) is 0 Å². The highest BCUT2D eigenvalue weighted by atomic mass is 35.5. The van der Waals surface area contributed by atoms with Gasteiger partial charge in [0, 0.05) is 13.5 Å². The van der Waals surface area contributed by atoms with Crippen LogP contribution in [0.2, 0.25) is 5.02 Å². The van der Waals surface area contributed by atoms with E-state index in [0.717, 1.165) is 12.0 Å². The van der Waals surface area contributed by atoms with Crippen molar-refractivity contribution < 1.29 is 14.3 Å². The predicted molar refractivity (Wildman–Crippen MR) is 75.1 cm³/mol. The molecule has 0 fully saturated rings. The van der Waals surface area contributed by atoms with Crippen molar-refractivity contribution in [1.82, 2.24) is 5.32 Å². The van der Waals surface area contributed by atoms with Gasteiger partial charge in [0.15, 0.2) is 0 Å². The zero-order valence-electron chi connectivity index (χ0n) is 10.9. The lowest BCUT2D eigenvalue weighted by atomic mass is 10.1. The average molecular weight is 282 g/mol. The number of halogens is 1. The van der Waals surface area contributed by atoms with Crippen LogP contribution in [0, 0.1) is 0 Å². The number of hydrogen-bond acceptors (Lipinski definition) is 3. The quantitative estimate of drug-likeness (QED) is 0.667. The maximum absolute atomic E-state index is 11.3. The van der Waals surface area contributed by atoms with Gasteiger partial charge < -0.3 is 10.1 Å². The smallest absolute Gasteiger partial charge is 0.339 e. The van der Waals surface area contributed by atoms with Crippen molar-refractivity contribution in [2.75, 3.05) is 13.7 Å². The summed E-state index contributed by atoms with van der Waals surface area (Å²) in [6.45, 7) is 2.08. The van der Waals surface area contributed by atoms with Gasteiger partial charge in [-0.25, -0.2) is 4.79 Å². The predicted octanol–water partition coefficient (Wildman–Crippen LogP) is 2.67. The summed E-state index contributed by atoms with van der Waals surface area (Å²) < 4.78 is 4.61. The normalized spacial score (nSPS) is 10.5. The standard InChI is InChI=1S/C14H16ClNO3/c1-10(17)16-8-4-3-5-11-6-7-12(13(15)9-11)14(18)19-2/h3,5-7,9H,4,8H2,1-2H3,(H,16,17). The Hall–Kier alpha value is -1.81. The van der Waals surface area contributed by atoms with Crippen LogP contribution in [0.1, 0.15) is 29.3 Å². The van der Waals surface area contributed by atoms with E-state index >= 15 is 0 Å². The molecule has 1 aromatic carbocycles. The molecule has 0 spiro atoms. The first-order valence-electron chi connectivity index (χ1n) is 5.83. The van der Waals surface area contributed by atoms with Crippen molar-refractivity contribution >= 4 is 29.6 Å². The molecule has 0 aromatic heterocycles. The Labute approximate surface area is 117 Å². The molecule has 1 aromatic rings. The summed E-state index contributed by atoms with van der Waals surface area (Å²) in [6, 6.07) is 5.11. The van der Waals surface area contributed by atoms with E-state index in [4.69, 9.17) is 11.6 Å². The number of rotatable bonds is 5. The summed E-state index contributed by atoms with van der Waals surface area (Å²) in [4.78, 5) is 22.0. The first-order chi connectivity index (χ1) is 9.04. The van der Waals surface area contributed by atoms with E-state index in [-0.39, 0.29) is 5.91 Å². The molecule has 1 amide bonds. The third-order valence-corrected chi connectivity index (χ3v) is 2.71. The second kappa shape index (κ2) is 7.59.